The van der Waals surface area contributed by atoms with Crippen molar-refractivity contribution in [2.45, 2.75) is 18.9 Å². The van der Waals surface area contributed by atoms with Crippen LogP contribution in [0.15, 0.2) is 18.2 Å². The van der Waals surface area contributed by atoms with E-state index in [2.05, 4.69) is 0 Å². The number of hydrogen-bond donors (Lipinski definition) is 1. The second kappa shape index (κ2) is 5.71. The van der Waals surface area contributed by atoms with Gasteiger partial charge in [-0.05, 0) is 30.5 Å². The SMILES string of the molecule is COc1ccc(C2OCCCC2CO)cc1Cl. The Morgan fingerprint density at radius 3 is 3.00 bits per heavy atom. The monoisotopic (exact) mass is 256 g/mol. The third-order valence-corrected chi connectivity index (χ3v) is 3.48. The summed E-state index contributed by atoms with van der Waals surface area (Å²) in [6.45, 7) is 0.888. The molecule has 94 valence electrons. The molecule has 17 heavy (non-hydrogen) atoms. The Labute approximate surface area is 106 Å². The van der Waals surface area contributed by atoms with Gasteiger partial charge in [0.05, 0.1) is 18.2 Å². The van der Waals surface area contributed by atoms with Gasteiger partial charge < -0.3 is 14.6 Å². The summed E-state index contributed by atoms with van der Waals surface area (Å²) in [7, 11) is 1.59. The fraction of sp³-hybridized carbons (Fsp3) is 0.538. The van der Waals surface area contributed by atoms with E-state index in [1.807, 2.05) is 18.2 Å². The van der Waals surface area contributed by atoms with Crippen molar-refractivity contribution in [3.8, 4) is 5.75 Å². The van der Waals surface area contributed by atoms with Crippen LogP contribution in [0, 0.1) is 5.92 Å². The lowest BCUT2D eigenvalue weighted by Gasteiger charge is -2.31. The maximum Gasteiger partial charge on any atom is 0.137 e. The predicted octanol–water partition coefficient (Wildman–Crippen LogP) is 2.81. The van der Waals surface area contributed by atoms with E-state index >= 15 is 0 Å². The van der Waals surface area contributed by atoms with Gasteiger partial charge in [-0.2, -0.15) is 0 Å². The molecule has 0 amide bonds. The molecular formula is C13H17ClO3. The third kappa shape index (κ3) is 2.73. The van der Waals surface area contributed by atoms with Crippen LogP contribution in [-0.2, 0) is 4.74 Å². The van der Waals surface area contributed by atoms with Gasteiger partial charge in [0.1, 0.15) is 5.75 Å². The molecule has 3 nitrogen and oxygen atoms in total. The van der Waals surface area contributed by atoms with Gasteiger partial charge in [0.25, 0.3) is 0 Å². The van der Waals surface area contributed by atoms with Crippen LogP contribution < -0.4 is 4.74 Å². The molecule has 0 saturated carbocycles. The maximum absolute atomic E-state index is 9.36. The van der Waals surface area contributed by atoms with E-state index in [1.165, 1.54) is 0 Å². The van der Waals surface area contributed by atoms with E-state index in [9.17, 15) is 5.11 Å². The number of ether oxygens (including phenoxy) is 2. The fourth-order valence-corrected chi connectivity index (χ4v) is 2.52. The molecule has 0 bridgehead atoms. The molecule has 2 unspecified atom stereocenters. The van der Waals surface area contributed by atoms with Crippen molar-refractivity contribution >= 4 is 11.6 Å². The Morgan fingerprint density at radius 2 is 2.35 bits per heavy atom. The molecule has 2 rings (SSSR count). The number of rotatable bonds is 3. The first-order valence-electron chi connectivity index (χ1n) is 5.82. The zero-order valence-corrected chi connectivity index (χ0v) is 10.6. The van der Waals surface area contributed by atoms with Crippen LogP contribution in [0.25, 0.3) is 0 Å². The van der Waals surface area contributed by atoms with Crippen molar-refractivity contribution in [2.24, 2.45) is 5.92 Å². The molecule has 4 heteroatoms. The first kappa shape index (κ1) is 12.7. The molecule has 1 N–H and O–H groups in total. The lowest BCUT2D eigenvalue weighted by Crippen LogP contribution is -2.25. The average molecular weight is 257 g/mol. The van der Waals surface area contributed by atoms with Crippen LogP contribution in [0.5, 0.6) is 5.75 Å². The van der Waals surface area contributed by atoms with Crippen molar-refractivity contribution in [1.82, 2.24) is 0 Å². The highest BCUT2D eigenvalue weighted by molar-refractivity contribution is 6.32. The molecule has 0 aromatic heterocycles. The molecule has 1 aliphatic rings. The molecule has 0 aliphatic carbocycles. The summed E-state index contributed by atoms with van der Waals surface area (Å²) in [6, 6.07) is 5.65. The van der Waals surface area contributed by atoms with Crippen molar-refractivity contribution in [3.05, 3.63) is 28.8 Å². The zero-order chi connectivity index (χ0) is 12.3. The summed E-state index contributed by atoms with van der Waals surface area (Å²) >= 11 is 6.10. The van der Waals surface area contributed by atoms with Crippen molar-refractivity contribution in [2.75, 3.05) is 20.3 Å². The fourth-order valence-electron chi connectivity index (χ4n) is 2.26. The van der Waals surface area contributed by atoms with E-state index in [0.29, 0.717) is 10.8 Å². The molecular weight excluding hydrogens is 240 g/mol. The van der Waals surface area contributed by atoms with E-state index in [4.69, 9.17) is 21.1 Å². The number of hydrogen-bond acceptors (Lipinski definition) is 3. The molecule has 1 fully saturated rings. The van der Waals surface area contributed by atoms with E-state index in [0.717, 1.165) is 25.0 Å². The summed E-state index contributed by atoms with van der Waals surface area (Å²) in [6.07, 6.45) is 1.94. The minimum Gasteiger partial charge on any atom is -0.495 e. The largest absolute Gasteiger partial charge is 0.495 e. The van der Waals surface area contributed by atoms with Crippen molar-refractivity contribution in [3.63, 3.8) is 0 Å². The topological polar surface area (TPSA) is 38.7 Å². The number of benzene rings is 1. The highest BCUT2D eigenvalue weighted by atomic mass is 35.5. The second-order valence-corrected chi connectivity index (χ2v) is 4.68. The average Bonchev–Trinajstić information content (AvgIpc) is 2.38. The van der Waals surface area contributed by atoms with E-state index in [-0.39, 0.29) is 18.6 Å². The third-order valence-electron chi connectivity index (χ3n) is 3.18. The minimum absolute atomic E-state index is 0.0582. The molecule has 1 aromatic carbocycles. The van der Waals surface area contributed by atoms with Crippen LogP contribution in [0.3, 0.4) is 0 Å². The first-order valence-corrected chi connectivity index (χ1v) is 6.20. The standard InChI is InChI=1S/C13H17ClO3/c1-16-12-5-4-9(7-11(12)14)13-10(8-15)3-2-6-17-13/h4-5,7,10,13,15H,2-3,6,8H2,1H3. The lowest BCUT2D eigenvalue weighted by molar-refractivity contribution is -0.0457. The van der Waals surface area contributed by atoms with Gasteiger partial charge >= 0.3 is 0 Å². The molecule has 2 atom stereocenters. The van der Waals surface area contributed by atoms with Gasteiger partial charge in [-0.15, -0.1) is 0 Å². The van der Waals surface area contributed by atoms with Crippen LogP contribution >= 0.6 is 11.6 Å². The second-order valence-electron chi connectivity index (χ2n) is 4.27. The number of methoxy groups -OCH3 is 1. The van der Waals surface area contributed by atoms with Gasteiger partial charge in [0.2, 0.25) is 0 Å². The molecule has 1 aliphatic heterocycles. The Kier molecular flexibility index (Phi) is 4.26. The zero-order valence-electron chi connectivity index (χ0n) is 9.86. The Balaban J connectivity index is 2.23. The van der Waals surface area contributed by atoms with Crippen LogP contribution in [-0.4, -0.2) is 25.4 Å². The predicted molar refractivity (Wildman–Crippen MR) is 66.5 cm³/mol. The highest BCUT2D eigenvalue weighted by Crippen LogP contribution is 2.36. The van der Waals surface area contributed by atoms with Gasteiger partial charge in [0.15, 0.2) is 0 Å². The Bertz CT molecular complexity index is 381. The molecule has 0 radical (unpaired) electrons. The quantitative estimate of drug-likeness (QED) is 0.904. The van der Waals surface area contributed by atoms with Crippen LogP contribution in [0.1, 0.15) is 24.5 Å². The lowest BCUT2D eigenvalue weighted by atomic mass is 9.90. The van der Waals surface area contributed by atoms with E-state index in [1.54, 1.807) is 7.11 Å². The van der Waals surface area contributed by atoms with Crippen LogP contribution in [0.4, 0.5) is 0 Å². The molecule has 0 spiro atoms. The Hall–Kier alpha value is -0.770. The summed E-state index contributed by atoms with van der Waals surface area (Å²) in [5.74, 6) is 0.819. The first-order chi connectivity index (χ1) is 8.26. The number of halogens is 1. The molecule has 1 saturated heterocycles. The van der Waals surface area contributed by atoms with E-state index < -0.39 is 0 Å². The number of aliphatic hydroxyl groups is 1. The minimum atomic E-state index is -0.0582. The normalized spacial score (nSPS) is 24.6. The van der Waals surface area contributed by atoms with Gasteiger partial charge in [-0.1, -0.05) is 17.7 Å². The number of aliphatic hydroxyl groups excluding tert-OH is 1. The Morgan fingerprint density at radius 1 is 1.53 bits per heavy atom. The van der Waals surface area contributed by atoms with Gasteiger partial charge in [-0.25, -0.2) is 0 Å². The summed E-state index contributed by atoms with van der Waals surface area (Å²) in [4.78, 5) is 0. The highest BCUT2D eigenvalue weighted by Gasteiger charge is 2.27. The summed E-state index contributed by atoms with van der Waals surface area (Å²) < 4.78 is 10.9. The smallest absolute Gasteiger partial charge is 0.137 e. The summed E-state index contributed by atoms with van der Waals surface area (Å²) in [5, 5.41) is 9.93. The van der Waals surface area contributed by atoms with Crippen LogP contribution in [0.2, 0.25) is 5.02 Å². The van der Waals surface area contributed by atoms with Gasteiger partial charge in [-0.3, -0.25) is 0 Å². The maximum atomic E-state index is 9.36. The van der Waals surface area contributed by atoms with Crippen molar-refractivity contribution in [1.29, 1.82) is 0 Å². The van der Waals surface area contributed by atoms with Gasteiger partial charge in [0, 0.05) is 19.1 Å². The molecule has 1 aromatic rings. The summed E-state index contributed by atoms with van der Waals surface area (Å²) in [5.41, 5.74) is 1.01. The molecule has 1 heterocycles. The van der Waals surface area contributed by atoms with Crippen molar-refractivity contribution < 1.29 is 14.6 Å².